The van der Waals surface area contributed by atoms with Crippen LogP contribution in [0, 0.1) is 5.82 Å². The smallest absolute Gasteiger partial charge is 0.257 e. The first kappa shape index (κ1) is 17.4. The van der Waals surface area contributed by atoms with Crippen molar-refractivity contribution in [1.82, 2.24) is 9.88 Å². The molecule has 0 unspecified atom stereocenters. The SMILES string of the molecule is COc1ccc([C@](C)(O)[C@@H]2CCCN2C(=O)c2ccncc2F)cc1. The molecule has 25 heavy (non-hydrogen) atoms. The number of hydrogen-bond donors (Lipinski definition) is 1. The summed E-state index contributed by atoms with van der Waals surface area (Å²) >= 11 is 0. The van der Waals surface area contributed by atoms with Gasteiger partial charge in [-0.1, -0.05) is 12.1 Å². The van der Waals surface area contributed by atoms with Crippen LogP contribution in [-0.2, 0) is 5.60 Å². The van der Waals surface area contributed by atoms with Gasteiger partial charge in [-0.2, -0.15) is 0 Å². The van der Waals surface area contributed by atoms with Crippen LogP contribution in [0.15, 0.2) is 42.7 Å². The first-order valence-electron chi connectivity index (χ1n) is 8.22. The Balaban J connectivity index is 1.89. The number of carbonyl (C=O) groups is 1. The van der Waals surface area contributed by atoms with E-state index in [1.807, 2.05) is 0 Å². The number of nitrogens with zero attached hydrogens (tertiary/aromatic N) is 2. The molecule has 2 aromatic rings. The van der Waals surface area contributed by atoms with Gasteiger partial charge in [-0.15, -0.1) is 0 Å². The van der Waals surface area contributed by atoms with Crippen LogP contribution < -0.4 is 4.74 Å². The Labute approximate surface area is 146 Å². The van der Waals surface area contributed by atoms with Crippen LogP contribution in [0.3, 0.4) is 0 Å². The summed E-state index contributed by atoms with van der Waals surface area (Å²) in [5.74, 6) is -0.379. The quantitative estimate of drug-likeness (QED) is 0.926. The maximum absolute atomic E-state index is 13.9. The van der Waals surface area contributed by atoms with Gasteiger partial charge in [0.25, 0.3) is 5.91 Å². The first-order valence-corrected chi connectivity index (χ1v) is 8.22. The van der Waals surface area contributed by atoms with E-state index in [9.17, 15) is 14.3 Å². The minimum atomic E-state index is -1.25. The number of benzene rings is 1. The highest BCUT2D eigenvalue weighted by Crippen LogP contribution is 2.36. The number of hydrogen-bond acceptors (Lipinski definition) is 4. The predicted molar refractivity (Wildman–Crippen MR) is 90.8 cm³/mol. The van der Waals surface area contributed by atoms with E-state index in [1.165, 1.54) is 12.3 Å². The Morgan fingerprint density at radius 3 is 2.72 bits per heavy atom. The summed E-state index contributed by atoms with van der Waals surface area (Å²) in [7, 11) is 1.58. The van der Waals surface area contributed by atoms with Gasteiger partial charge in [0.1, 0.15) is 11.4 Å². The normalized spacial score (nSPS) is 19.5. The molecule has 0 bridgehead atoms. The number of amides is 1. The standard InChI is InChI=1S/C19H21FN2O3/c1-19(24,13-5-7-14(25-2)8-6-13)17-4-3-11-22(17)18(23)15-9-10-21-12-16(15)20/h5-10,12,17,24H,3-4,11H2,1-2H3/t17-,19-/m0/s1. The molecule has 0 radical (unpaired) electrons. The number of aliphatic hydroxyl groups is 1. The van der Waals surface area contributed by atoms with Gasteiger partial charge in [-0.3, -0.25) is 9.78 Å². The van der Waals surface area contributed by atoms with E-state index >= 15 is 0 Å². The molecule has 1 aliphatic heterocycles. The molecule has 1 N–H and O–H groups in total. The maximum Gasteiger partial charge on any atom is 0.257 e. The fourth-order valence-corrected chi connectivity index (χ4v) is 3.42. The van der Waals surface area contributed by atoms with Crippen molar-refractivity contribution in [2.24, 2.45) is 0 Å². The van der Waals surface area contributed by atoms with Gasteiger partial charge < -0.3 is 14.7 Å². The van der Waals surface area contributed by atoms with E-state index in [-0.39, 0.29) is 5.56 Å². The lowest BCUT2D eigenvalue weighted by Crippen LogP contribution is -2.48. The molecule has 1 saturated heterocycles. The Hall–Kier alpha value is -2.47. The Bertz CT molecular complexity index is 762. The molecule has 1 aromatic heterocycles. The Kier molecular flexibility index (Phi) is 4.72. The number of rotatable bonds is 4. The molecule has 3 rings (SSSR count). The molecule has 1 amide bonds. The van der Waals surface area contributed by atoms with Gasteiger partial charge in [0.05, 0.1) is 24.9 Å². The van der Waals surface area contributed by atoms with Gasteiger partial charge in [0.15, 0.2) is 5.82 Å². The summed E-state index contributed by atoms with van der Waals surface area (Å²) in [5.41, 5.74) is -0.581. The average Bonchev–Trinajstić information content (AvgIpc) is 3.12. The van der Waals surface area contributed by atoms with Crippen molar-refractivity contribution in [3.8, 4) is 5.75 Å². The van der Waals surface area contributed by atoms with Crippen LogP contribution in [0.5, 0.6) is 5.75 Å². The van der Waals surface area contributed by atoms with Crippen LogP contribution in [0.25, 0.3) is 0 Å². The summed E-state index contributed by atoms with van der Waals surface area (Å²) in [6, 6.07) is 8.05. The number of carbonyl (C=O) groups excluding carboxylic acids is 1. The second-order valence-electron chi connectivity index (χ2n) is 6.39. The number of likely N-dealkylation sites (tertiary alicyclic amines) is 1. The lowest BCUT2D eigenvalue weighted by Gasteiger charge is -2.37. The number of aromatic nitrogens is 1. The van der Waals surface area contributed by atoms with Crippen molar-refractivity contribution in [3.05, 3.63) is 59.7 Å². The van der Waals surface area contributed by atoms with E-state index in [0.717, 1.165) is 12.6 Å². The molecule has 0 saturated carbocycles. The van der Waals surface area contributed by atoms with Gasteiger partial charge in [-0.05, 0) is 43.5 Å². The zero-order chi connectivity index (χ0) is 18.0. The van der Waals surface area contributed by atoms with E-state index < -0.39 is 23.4 Å². The Morgan fingerprint density at radius 1 is 1.36 bits per heavy atom. The minimum absolute atomic E-state index is 0.0209. The van der Waals surface area contributed by atoms with Crippen LogP contribution in [0.4, 0.5) is 4.39 Å². The second kappa shape index (κ2) is 6.80. The highest BCUT2D eigenvalue weighted by molar-refractivity contribution is 5.94. The fraction of sp³-hybridized carbons (Fsp3) is 0.368. The van der Waals surface area contributed by atoms with E-state index in [4.69, 9.17) is 4.74 Å². The number of halogens is 1. The molecule has 2 heterocycles. The molecule has 5 nitrogen and oxygen atoms in total. The second-order valence-corrected chi connectivity index (χ2v) is 6.39. The van der Waals surface area contributed by atoms with Gasteiger partial charge in [0.2, 0.25) is 0 Å². The van der Waals surface area contributed by atoms with Crippen molar-refractivity contribution in [3.63, 3.8) is 0 Å². The van der Waals surface area contributed by atoms with E-state index in [0.29, 0.717) is 24.3 Å². The lowest BCUT2D eigenvalue weighted by molar-refractivity contribution is -0.0178. The maximum atomic E-state index is 13.9. The van der Waals surface area contributed by atoms with Gasteiger partial charge in [-0.25, -0.2) is 4.39 Å². The third-order valence-corrected chi connectivity index (χ3v) is 4.84. The first-order chi connectivity index (χ1) is 11.9. The van der Waals surface area contributed by atoms with Crippen molar-refractivity contribution in [2.45, 2.75) is 31.4 Å². The third kappa shape index (κ3) is 3.22. The number of pyridine rings is 1. The van der Waals surface area contributed by atoms with Crippen molar-refractivity contribution in [2.75, 3.05) is 13.7 Å². The van der Waals surface area contributed by atoms with Gasteiger partial charge >= 0.3 is 0 Å². The summed E-state index contributed by atoms with van der Waals surface area (Å²) in [5, 5.41) is 11.1. The largest absolute Gasteiger partial charge is 0.497 e. The molecule has 0 aliphatic carbocycles. The zero-order valence-electron chi connectivity index (χ0n) is 14.3. The molecule has 6 heteroatoms. The molecule has 1 aromatic carbocycles. The molecular weight excluding hydrogens is 323 g/mol. The van der Waals surface area contributed by atoms with Crippen LogP contribution in [0.2, 0.25) is 0 Å². The van der Waals surface area contributed by atoms with E-state index in [1.54, 1.807) is 43.2 Å². The van der Waals surface area contributed by atoms with E-state index in [2.05, 4.69) is 4.98 Å². The van der Waals surface area contributed by atoms with Crippen LogP contribution in [-0.4, -0.2) is 40.6 Å². The molecule has 132 valence electrons. The highest BCUT2D eigenvalue weighted by Gasteiger charge is 2.43. The van der Waals surface area contributed by atoms with Crippen molar-refractivity contribution in [1.29, 1.82) is 0 Å². The fourth-order valence-electron chi connectivity index (χ4n) is 3.42. The monoisotopic (exact) mass is 344 g/mol. The molecular formula is C19H21FN2O3. The molecule has 1 fully saturated rings. The summed E-state index contributed by atoms with van der Waals surface area (Å²) in [6.07, 6.45) is 3.83. The third-order valence-electron chi connectivity index (χ3n) is 4.84. The Morgan fingerprint density at radius 2 is 2.08 bits per heavy atom. The predicted octanol–water partition coefficient (Wildman–Crippen LogP) is 2.74. The van der Waals surface area contributed by atoms with Crippen LogP contribution >= 0.6 is 0 Å². The van der Waals surface area contributed by atoms with Crippen LogP contribution in [0.1, 0.15) is 35.7 Å². The molecule has 0 spiro atoms. The number of methoxy groups -OCH3 is 1. The minimum Gasteiger partial charge on any atom is -0.497 e. The summed E-state index contributed by atoms with van der Waals surface area (Å²) < 4.78 is 19.1. The summed E-state index contributed by atoms with van der Waals surface area (Å²) in [6.45, 7) is 2.17. The van der Waals surface area contributed by atoms with Crippen molar-refractivity contribution >= 4 is 5.91 Å². The summed E-state index contributed by atoms with van der Waals surface area (Å²) in [4.78, 5) is 18.0. The zero-order valence-corrected chi connectivity index (χ0v) is 14.3. The number of ether oxygens (including phenoxy) is 1. The van der Waals surface area contributed by atoms with Gasteiger partial charge in [0, 0.05) is 12.7 Å². The molecule has 2 atom stereocenters. The molecule has 1 aliphatic rings. The topological polar surface area (TPSA) is 62.7 Å². The average molecular weight is 344 g/mol. The van der Waals surface area contributed by atoms with Crippen molar-refractivity contribution < 1.29 is 19.0 Å². The highest BCUT2D eigenvalue weighted by atomic mass is 19.1. The lowest BCUT2D eigenvalue weighted by atomic mass is 9.86.